The molecule has 0 bridgehead atoms. The minimum atomic E-state index is -0.718. The van der Waals surface area contributed by atoms with Crippen molar-refractivity contribution >= 4 is 33.4 Å². The topological polar surface area (TPSA) is 58.6 Å². The average Bonchev–Trinajstić information content (AvgIpc) is 2.72. The van der Waals surface area contributed by atoms with Gasteiger partial charge < -0.3 is 15.0 Å². The fraction of sp³-hybridized carbons (Fsp3) is 0.364. The van der Waals surface area contributed by atoms with Crippen molar-refractivity contribution in [3.05, 3.63) is 58.6 Å². The Morgan fingerprint density at radius 2 is 1.82 bits per heavy atom. The molecule has 148 valence electrons. The minimum Gasteiger partial charge on any atom is -0.477 e. The van der Waals surface area contributed by atoms with Crippen molar-refractivity contribution in [3.8, 4) is 5.75 Å². The number of amides is 2. The standard InChI is InChI=1S/C22H25BrN2O3/c1-3-17(4-2)24-22(27)20-14-25(18-7-5-6-8-19(18)28-20)21(26)13-15-9-11-16(23)12-10-15/h5-12,17,20H,3-4,13-14H2,1-2H3,(H,24,27). The third-order valence-electron chi connectivity index (χ3n) is 4.97. The lowest BCUT2D eigenvalue weighted by Crippen LogP contribution is -2.52. The lowest BCUT2D eigenvalue weighted by Gasteiger charge is -2.34. The second kappa shape index (κ2) is 9.24. The number of halogens is 1. The van der Waals surface area contributed by atoms with Gasteiger partial charge in [-0.05, 0) is 42.7 Å². The van der Waals surface area contributed by atoms with Crippen LogP contribution in [0.15, 0.2) is 53.0 Å². The highest BCUT2D eigenvalue weighted by Crippen LogP contribution is 2.33. The van der Waals surface area contributed by atoms with Gasteiger partial charge in [0.05, 0.1) is 18.7 Å². The molecule has 1 heterocycles. The first-order chi connectivity index (χ1) is 13.5. The Labute approximate surface area is 174 Å². The van der Waals surface area contributed by atoms with E-state index < -0.39 is 6.10 Å². The van der Waals surface area contributed by atoms with Gasteiger partial charge in [-0.1, -0.05) is 54.0 Å². The number of carbonyl (C=O) groups is 2. The molecule has 0 fully saturated rings. The Morgan fingerprint density at radius 1 is 1.14 bits per heavy atom. The normalized spacial score (nSPS) is 15.7. The quantitative estimate of drug-likeness (QED) is 0.729. The predicted molar refractivity (Wildman–Crippen MR) is 114 cm³/mol. The van der Waals surface area contributed by atoms with Crippen molar-refractivity contribution in [2.24, 2.45) is 0 Å². The van der Waals surface area contributed by atoms with Gasteiger partial charge in [0, 0.05) is 10.5 Å². The first-order valence-corrected chi connectivity index (χ1v) is 10.4. The summed E-state index contributed by atoms with van der Waals surface area (Å²) in [5.41, 5.74) is 1.63. The largest absolute Gasteiger partial charge is 0.477 e. The van der Waals surface area contributed by atoms with Crippen LogP contribution in [0.3, 0.4) is 0 Å². The lowest BCUT2D eigenvalue weighted by atomic mass is 10.1. The zero-order chi connectivity index (χ0) is 20.1. The Hall–Kier alpha value is -2.34. The van der Waals surface area contributed by atoms with Gasteiger partial charge in [0.2, 0.25) is 5.91 Å². The van der Waals surface area contributed by atoms with Gasteiger partial charge in [-0.2, -0.15) is 0 Å². The zero-order valence-corrected chi connectivity index (χ0v) is 17.7. The third kappa shape index (κ3) is 4.73. The summed E-state index contributed by atoms with van der Waals surface area (Å²) >= 11 is 3.41. The highest BCUT2D eigenvalue weighted by atomic mass is 79.9. The molecule has 1 aliphatic heterocycles. The van der Waals surface area contributed by atoms with Gasteiger partial charge in [-0.25, -0.2) is 0 Å². The van der Waals surface area contributed by atoms with Crippen molar-refractivity contribution in [1.82, 2.24) is 5.32 Å². The molecule has 2 aromatic carbocycles. The van der Waals surface area contributed by atoms with E-state index in [0.29, 0.717) is 11.4 Å². The molecule has 0 spiro atoms. The van der Waals surface area contributed by atoms with Crippen LogP contribution in [0.25, 0.3) is 0 Å². The zero-order valence-electron chi connectivity index (χ0n) is 16.2. The van der Waals surface area contributed by atoms with Crippen molar-refractivity contribution in [3.63, 3.8) is 0 Å². The number of hydrogen-bond acceptors (Lipinski definition) is 3. The van der Waals surface area contributed by atoms with Gasteiger partial charge in [0.15, 0.2) is 6.10 Å². The van der Waals surface area contributed by atoms with Crippen LogP contribution in [-0.2, 0) is 16.0 Å². The molecule has 3 rings (SSSR count). The van der Waals surface area contributed by atoms with E-state index in [0.717, 1.165) is 22.9 Å². The van der Waals surface area contributed by atoms with Crippen molar-refractivity contribution in [2.75, 3.05) is 11.4 Å². The average molecular weight is 445 g/mol. The summed E-state index contributed by atoms with van der Waals surface area (Å²) < 4.78 is 6.89. The molecule has 0 saturated heterocycles. The maximum Gasteiger partial charge on any atom is 0.263 e. The molecule has 6 heteroatoms. The molecule has 1 atom stereocenters. The van der Waals surface area contributed by atoms with Gasteiger partial charge in [-0.15, -0.1) is 0 Å². The van der Waals surface area contributed by atoms with Crippen LogP contribution in [-0.4, -0.2) is 30.5 Å². The van der Waals surface area contributed by atoms with E-state index >= 15 is 0 Å². The molecular formula is C22H25BrN2O3. The van der Waals surface area contributed by atoms with E-state index in [-0.39, 0.29) is 30.8 Å². The molecule has 0 radical (unpaired) electrons. The fourth-order valence-corrected chi connectivity index (χ4v) is 3.53. The Balaban J connectivity index is 1.79. The maximum atomic E-state index is 13.0. The monoisotopic (exact) mass is 444 g/mol. The van der Waals surface area contributed by atoms with Crippen molar-refractivity contribution in [1.29, 1.82) is 0 Å². The summed E-state index contributed by atoms with van der Waals surface area (Å²) in [6, 6.07) is 15.2. The smallest absolute Gasteiger partial charge is 0.263 e. The summed E-state index contributed by atoms with van der Waals surface area (Å²) in [6.07, 6.45) is 1.27. The summed E-state index contributed by atoms with van der Waals surface area (Å²) in [5.74, 6) is 0.325. The van der Waals surface area contributed by atoms with E-state index in [1.165, 1.54) is 0 Å². The molecule has 0 aromatic heterocycles. The second-order valence-corrected chi connectivity index (χ2v) is 7.82. The predicted octanol–water partition coefficient (Wildman–Crippen LogP) is 4.09. The summed E-state index contributed by atoms with van der Waals surface area (Å²) in [5, 5.41) is 3.03. The van der Waals surface area contributed by atoms with Crippen LogP contribution in [0.5, 0.6) is 5.75 Å². The van der Waals surface area contributed by atoms with Crippen LogP contribution in [0.1, 0.15) is 32.3 Å². The molecule has 5 nitrogen and oxygen atoms in total. The van der Waals surface area contributed by atoms with E-state index in [1.807, 2.05) is 56.3 Å². The van der Waals surface area contributed by atoms with E-state index in [2.05, 4.69) is 21.2 Å². The van der Waals surface area contributed by atoms with Crippen LogP contribution in [0.2, 0.25) is 0 Å². The highest BCUT2D eigenvalue weighted by Gasteiger charge is 2.34. The number of benzene rings is 2. The van der Waals surface area contributed by atoms with Crippen LogP contribution >= 0.6 is 15.9 Å². The molecular weight excluding hydrogens is 420 g/mol. The van der Waals surface area contributed by atoms with E-state index in [4.69, 9.17) is 4.74 Å². The number of rotatable bonds is 6. The van der Waals surface area contributed by atoms with Gasteiger partial charge in [-0.3, -0.25) is 9.59 Å². The number of hydrogen-bond donors (Lipinski definition) is 1. The number of ether oxygens (including phenoxy) is 1. The van der Waals surface area contributed by atoms with E-state index in [9.17, 15) is 9.59 Å². The minimum absolute atomic E-state index is 0.0570. The first-order valence-electron chi connectivity index (χ1n) is 9.62. The van der Waals surface area contributed by atoms with Gasteiger partial charge in [0.25, 0.3) is 5.91 Å². The third-order valence-corrected chi connectivity index (χ3v) is 5.50. The number of carbonyl (C=O) groups excluding carboxylic acids is 2. The SMILES string of the molecule is CCC(CC)NC(=O)C1CN(C(=O)Cc2ccc(Br)cc2)c2ccccc2O1. The summed E-state index contributed by atoms with van der Waals surface area (Å²) in [7, 11) is 0. The molecule has 2 amide bonds. The fourth-order valence-electron chi connectivity index (χ4n) is 3.27. The first kappa shape index (κ1) is 20.4. The summed E-state index contributed by atoms with van der Waals surface area (Å²) in [4.78, 5) is 27.4. The molecule has 0 saturated carbocycles. The van der Waals surface area contributed by atoms with Gasteiger partial charge >= 0.3 is 0 Å². The van der Waals surface area contributed by atoms with Crippen LogP contribution in [0, 0.1) is 0 Å². The molecule has 2 aromatic rings. The number of nitrogens with zero attached hydrogens (tertiary/aromatic N) is 1. The maximum absolute atomic E-state index is 13.0. The number of anilines is 1. The van der Waals surface area contributed by atoms with E-state index in [1.54, 1.807) is 11.0 Å². The Morgan fingerprint density at radius 3 is 2.50 bits per heavy atom. The molecule has 0 aliphatic carbocycles. The molecule has 1 N–H and O–H groups in total. The van der Waals surface area contributed by atoms with Crippen molar-refractivity contribution in [2.45, 2.75) is 45.3 Å². The van der Waals surface area contributed by atoms with Gasteiger partial charge in [0.1, 0.15) is 5.75 Å². The lowest BCUT2D eigenvalue weighted by molar-refractivity contribution is -0.129. The Kier molecular flexibility index (Phi) is 6.73. The van der Waals surface area contributed by atoms with Crippen molar-refractivity contribution < 1.29 is 14.3 Å². The van der Waals surface area contributed by atoms with Crippen LogP contribution < -0.4 is 15.0 Å². The Bertz CT molecular complexity index is 834. The molecule has 1 aliphatic rings. The summed E-state index contributed by atoms with van der Waals surface area (Å²) in [6.45, 7) is 4.29. The number of nitrogens with one attached hydrogen (secondary N) is 1. The second-order valence-electron chi connectivity index (χ2n) is 6.90. The molecule has 1 unspecified atom stereocenters. The number of para-hydroxylation sites is 2. The van der Waals surface area contributed by atoms with Crippen LogP contribution in [0.4, 0.5) is 5.69 Å². The number of fused-ring (bicyclic) bond motifs is 1. The highest BCUT2D eigenvalue weighted by molar-refractivity contribution is 9.10. The molecule has 28 heavy (non-hydrogen) atoms.